The van der Waals surface area contributed by atoms with Gasteiger partial charge in [0.1, 0.15) is 5.82 Å². The van der Waals surface area contributed by atoms with Crippen molar-refractivity contribution < 1.29 is 9.26 Å². The number of hydrogen-bond donors (Lipinski definition) is 0. The lowest BCUT2D eigenvalue weighted by Gasteiger charge is -2.28. The average Bonchev–Trinajstić information content (AvgIpc) is 3.39. The Morgan fingerprint density at radius 1 is 1.18 bits per heavy atom. The summed E-state index contributed by atoms with van der Waals surface area (Å²) in [6, 6.07) is 6.01. The minimum atomic E-state index is 0.411. The van der Waals surface area contributed by atoms with Crippen LogP contribution in [0, 0.1) is 6.92 Å². The predicted molar refractivity (Wildman–Crippen MR) is 108 cm³/mol. The van der Waals surface area contributed by atoms with Crippen LogP contribution in [0.1, 0.15) is 16.7 Å². The first kappa shape index (κ1) is 17.4. The average molecular weight is 395 g/mol. The Bertz CT molecular complexity index is 1070. The Balaban J connectivity index is 1.45. The lowest BCUT2D eigenvalue weighted by molar-refractivity contribution is 0.122. The summed E-state index contributed by atoms with van der Waals surface area (Å²) in [7, 11) is 0. The molecular weight excluding hydrogens is 376 g/mol. The van der Waals surface area contributed by atoms with Crippen LogP contribution in [0.4, 0.5) is 5.82 Å². The number of hydrogen-bond acceptors (Lipinski definition) is 6. The number of fused-ring (bicyclic) bond motifs is 1. The molecule has 0 saturated carbocycles. The second kappa shape index (κ2) is 7.04. The highest BCUT2D eigenvalue weighted by molar-refractivity contribution is 6.33. The molecule has 1 aliphatic heterocycles. The van der Waals surface area contributed by atoms with Crippen molar-refractivity contribution in [2.75, 3.05) is 31.2 Å². The van der Waals surface area contributed by atoms with Crippen molar-refractivity contribution in [3.8, 4) is 22.8 Å². The van der Waals surface area contributed by atoms with Crippen LogP contribution in [-0.4, -0.2) is 41.4 Å². The van der Waals surface area contributed by atoms with E-state index in [1.807, 2.05) is 6.07 Å². The van der Waals surface area contributed by atoms with Crippen LogP contribution in [0.15, 0.2) is 35.0 Å². The number of pyridine rings is 1. The smallest absolute Gasteiger partial charge is 0.259 e. The van der Waals surface area contributed by atoms with E-state index < -0.39 is 0 Å². The molecule has 0 bridgehead atoms. The van der Waals surface area contributed by atoms with Gasteiger partial charge in [-0.1, -0.05) is 41.0 Å². The first-order valence-electron chi connectivity index (χ1n) is 9.32. The fourth-order valence-electron chi connectivity index (χ4n) is 3.75. The van der Waals surface area contributed by atoms with Gasteiger partial charge in [0.05, 0.1) is 23.8 Å². The molecule has 2 aliphatic rings. The van der Waals surface area contributed by atoms with Gasteiger partial charge in [-0.05, 0) is 36.1 Å². The molecular formula is C21H19ClN4O2. The molecule has 3 aromatic rings. The summed E-state index contributed by atoms with van der Waals surface area (Å²) in [6.45, 7) is 5.02. The number of morpholine rings is 1. The van der Waals surface area contributed by atoms with Crippen molar-refractivity contribution in [2.24, 2.45) is 0 Å². The van der Waals surface area contributed by atoms with E-state index in [4.69, 9.17) is 20.9 Å². The van der Waals surface area contributed by atoms with E-state index in [0.29, 0.717) is 35.5 Å². The van der Waals surface area contributed by atoms with Gasteiger partial charge in [-0.15, -0.1) is 0 Å². The van der Waals surface area contributed by atoms with Crippen LogP contribution >= 0.6 is 11.6 Å². The Morgan fingerprint density at radius 2 is 2.04 bits per heavy atom. The summed E-state index contributed by atoms with van der Waals surface area (Å²) in [6.07, 6.45) is 7.04. The number of benzene rings is 1. The van der Waals surface area contributed by atoms with Crippen LogP contribution in [0.25, 0.3) is 28.9 Å². The van der Waals surface area contributed by atoms with E-state index in [0.717, 1.165) is 36.5 Å². The van der Waals surface area contributed by atoms with Crippen molar-refractivity contribution in [2.45, 2.75) is 13.3 Å². The number of aromatic nitrogens is 3. The third-order valence-electron chi connectivity index (χ3n) is 5.27. The summed E-state index contributed by atoms with van der Waals surface area (Å²) < 4.78 is 10.9. The van der Waals surface area contributed by atoms with Crippen LogP contribution in [-0.2, 0) is 11.2 Å². The molecule has 0 amide bonds. The molecule has 0 radical (unpaired) electrons. The van der Waals surface area contributed by atoms with Crippen molar-refractivity contribution in [3.63, 3.8) is 0 Å². The molecule has 28 heavy (non-hydrogen) atoms. The fourth-order valence-corrected chi connectivity index (χ4v) is 4.03. The zero-order valence-corrected chi connectivity index (χ0v) is 16.2. The monoisotopic (exact) mass is 394 g/mol. The molecule has 2 aromatic heterocycles. The molecule has 0 N–H and O–H groups in total. The third-order valence-corrected chi connectivity index (χ3v) is 5.55. The maximum Gasteiger partial charge on any atom is 0.259 e. The maximum absolute atomic E-state index is 6.48. The largest absolute Gasteiger partial charge is 0.378 e. The van der Waals surface area contributed by atoms with E-state index in [1.165, 1.54) is 11.1 Å². The Kier molecular flexibility index (Phi) is 4.37. The standard InChI is InChI=1S/C21H19ClN4O2/c1-13-16-4-2-3-14(16)5-6-17(13)19-24-21(28-25-19)15-11-18(22)20(23-12-15)26-7-9-27-10-8-26/h2,4-6,11-12H,3,7-10H2,1H3. The fraction of sp³-hybridized carbons (Fsp3) is 0.286. The molecule has 6 nitrogen and oxygen atoms in total. The predicted octanol–water partition coefficient (Wildman–Crippen LogP) is 4.17. The van der Waals surface area contributed by atoms with Crippen molar-refractivity contribution in [3.05, 3.63) is 52.2 Å². The molecule has 0 atom stereocenters. The number of halogens is 1. The highest BCUT2D eigenvalue weighted by atomic mass is 35.5. The summed E-state index contributed by atoms with van der Waals surface area (Å²) in [5.74, 6) is 1.74. The van der Waals surface area contributed by atoms with Crippen LogP contribution < -0.4 is 4.90 Å². The molecule has 0 spiro atoms. The molecule has 1 fully saturated rings. The summed E-state index contributed by atoms with van der Waals surface area (Å²) in [4.78, 5) is 11.2. The number of rotatable bonds is 3. The maximum atomic E-state index is 6.48. The second-order valence-corrected chi connectivity index (χ2v) is 7.38. The van der Waals surface area contributed by atoms with Crippen LogP contribution in [0.2, 0.25) is 5.02 Å². The van der Waals surface area contributed by atoms with Crippen molar-refractivity contribution >= 4 is 23.5 Å². The highest BCUT2D eigenvalue weighted by Crippen LogP contribution is 2.33. The van der Waals surface area contributed by atoms with Gasteiger partial charge in [0, 0.05) is 24.8 Å². The summed E-state index contributed by atoms with van der Waals surface area (Å²) in [5, 5.41) is 4.75. The topological polar surface area (TPSA) is 64.3 Å². The Morgan fingerprint density at radius 3 is 2.86 bits per heavy atom. The van der Waals surface area contributed by atoms with Crippen LogP contribution in [0.3, 0.4) is 0 Å². The van der Waals surface area contributed by atoms with Gasteiger partial charge >= 0.3 is 0 Å². The Labute approximate surface area is 167 Å². The quantitative estimate of drug-likeness (QED) is 0.664. The zero-order chi connectivity index (χ0) is 19.1. The molecule has 1 aliphatic carbocycles. The summed E-state index contributed by atoms with van der Waals surface area (Å²) in [5.41, 5.74) is 5.43. The lowest BCUT2D eigenvalue weighted by atomic mass is 9.98. The number of anilines is 1. The van der Waals surface area contributed by atoms with Gasteiger partial charge in [0.2, 0.25) is 5.82 Å². The Hall–Kier alpha value is -2.70. The molecule has 142 valence electrons. The first-order chi connectivity index (χ1) is 13.7. The van der Waals surface area contributed by atoms with E-state index in [2.05, 4.69) is 51.2 Å². The van der Waals surface area contributed by atoms with E-state index >= 15 is 0 Å². The second-order valence-electron chi connectivity index (χ2n) is 6.97. The number of ether oxygens (including phenoxy) is 1. The number of allylic oxidation sites excluding steroid dienone is 1. The molecule has 7 heteroatoms. The molecule has 5 rings (SSSR count). The minimum absolute atomic E-state index is 0.411. The normalized spacial score (nSPS) is 15.9. The van der Waals surface area contributed by atoms with Gasteiger partial charge < -0.3 is 14.2 Å². The van der Waals surface area contributed by atoms with Crippen molar-refractivity contribution in [1.29, 1.82) is 0 Å². The van der Waals surface area contributed by atoms with Crippen LogP contribution in [0.5, 0.6) is 0 Å². The SMILES string of the molecule is Cc1c(-c2noc(-c3cnc(N4CCOCC4)c(Cl)c3)n2)ccc2c1C=CC2. The van der Waals surface area contributed by atoms with Gasteiger partial charge in [-0.2, -0.15) is 4.98 Å². The number of nitrogens with zero attached hydrogens (tertiary/aromatic N) is 4. The first-order valence-corrected chi connectivity index (χ1v) is 9.70. The van der Waals surface area contributed by atoms with E-state index in [-0.39, 0.29) is 0 Å². The minimum Gasteiger partial charge on any atom is -0.378 e. The third kappa shape index (κ3) is 2.99. The van der Waals surface area contributed by atoms with E-state index in [9.17, 15) is 0 Å². The van der Waals surface area contributed by atoms with Gasteiger partial charge in [0.25, 0.3) is 5.89 Å². The van der Waals surface area contributed by atoms with Crippen molar-refractivity contribution in [1.82, 2.24) is 15.1 Å². The molecule has 1 saturated heterocycles. The van der Waals surface area contributed by atoms with E-state index in [1.54, 1.807) is 6.20 Å². The molecule has 1 aromatic carbocycles. The van der Waals surface area contributed by atoms with Gasteiger partial charge in [-0.25, -0.2) is 4.98 Å². The zero-order valence-electron chi connectivity index (χ0n) is 15.5. The lowest BCUT2D eigenvalue weighted by Crippen LogP contribution is -2.36. The molecule has 3 heterocycles. The molecule has 0 unspecified atom stereocenters. The highest BCUT2D eigenvalue weighted by Gasteiger charge is 2.20. The van der Waals surface area contributed by atoms with Gasteiger partial charge in [0.15, 0.2) is 0 Å². The van der Waals surface area contributed by atoms with Gasteiger partial charge in [-0.3, -0.25) is 0 Å². The summed E-state index contributed by atoms with van der Waals surface area (Å²) >= 11 is 6.48.